The molecule has 2 aromatic rings. The van der Waals surface area contributed by atoms with Gasteiger partial charge in [-0.1, -0.05) is 5.21 Å². The van der Waals surface area contributed by atoms with Gasteiger partial charge in [-0.2, -0.15) is 0 Å². The summed E-state index contributed by atoms with van der Waals surface area (Å²) in [5.41, 5.74) is 1.58. The Morgan fingerprint density at radius 2 is 1.96 bits per heavy atom. The Bertz CT molecular complexity index is 672. The molecule has 2 heterocycles. The molecule has 0 atom stereocenters. The molecule has 0 saturated heterocycles. The third-order valence-corrected chi connectivity index (χ3v) is 3.93. The van der Waals surface area contributed by atoms with Crippen molar-refractivity contribution in [2.45, 2.75) is 32.2 Å². The van der Waals surface area contributed by atoms with Crippen molar-refractivity contribution in [2.75, 3.05) is 26.9 Å². The molecule has 1 N–H and O–H groups in total. The van der Waals surface area contributed by atoms with E-state index in [4.69, 9.17) is 19.3 Å². The summed E-state index contributed by atoms with van der Waals surface area (Å²) in [5, 5.41) is 17.2. The van der Waals surface area contributed by atoms with Crippen LogP contribution in [-0.2, 0) is 6.54 Å². The second-order valence-electron chi connectivity index (χ2n) is 5.70. The van der Waals surface area contributed by atoms with Gasteiger partial charge in [0.05, 0.1) is 26.5 Å². The molecule has 24 heavy (non-hydrogen) atoms. The zero-order chi connectivity index (χ0) is 16.8. The van der Waals surface area contributed by atoms with E-state index in [1.807, 2.05) is 23.0 Å². The number of aromatic nitrogens is 3. The Hall–Kier alpha value is -2.28. The third kappa shape index (κ3) is 3.79. The smallest absolute Gasteiger partial charge is 0.164 e. The predicted molar refractivity (Wildman–Crippen MR) is 88.6 cm³/mol. The lowest BCUT2D eigenvalue weighted by Gasteiger charge is -2.12. The summed E-state index contributed by atoms with van der Waals surface area (Å²) in [7, 11) is 1.63. The fraction of sp³-hybridized carbons (Fsp3) is 0.529. The number of rotatable bonds is 7. The number of aliphatic hydroxyl groups is 1. The Kier molecular flexibility index (Phi) is 5.53. The molecular formula is C17H23N3O4. The maximum absolute atomic E-state index is 8.82. The van der Waals surface area contributed by atoms with Crippen LogP contribution in [0.2, 0.25) is 0 Å². The number of unbranched alkanes of at least 4 members (excludes halogenated alkanes) is 2. The van der Waals surface area contributed by atoms with Gasteiger partial charge in [0.1, 0.15) is 11.4 Å². The number of fused-ring (bicyclic) bond motifs is 1. The summed E-state index contributed by atoms with van der Waals surface area (Å²) in [6, 6.07) is 3.75. The molecule has 0 saturated carbocycles. The number of methoxy groups -OCH3 is 1. The minimum atomic E-state index is 0.233. The van der Waals surface area contributed by atoms with Gasteiger partial charge in [-0.15, -0.1) is 5.10 Å². The second-order valence-corrected chi connectivity index (χ2v) is 5.70. The van der Waals surface area contributed by atoms with Gasteiger partial charge >= 0.3 is 0 Å². The Labute approximate surface area is 141 Å². The molecule has 0 unspecified atom stereocenters. The van der Waals surface area contributed by atoms with Crippen LogP contribution < -0.4 is 14.2 Å². The van der Waals surface area contributed by atoms with Crippen LogP contribution in [0.3, 0.4) is 0 Å². The first kappa shape index (κ1) is 16.6. The van der Waals surface area contributed by atoms with Crippen LogP contribution in [0.15, 0.2) is 18.3 Å². The normalized spacial score (nSPS) is 13.6. The fourth-order valence-corrected chi connectivity index (χ4v) is 2.65. The van der Waals surface area contributed by atoms with Gasteiger partial charge in [-0.3, -0.25) is 4.68 Å². The molecule has 0 fully saturated rings. The van der Waals surface area contributed by atoms with Gasteiger partial charge in [0, 0.05) is 31.2 Å². The average molecular weight is 333 g/mol. The van der Waals surface area contributed by atoms with E-state index in [1.54, 1.807) is 7.11 Å². The van der Waals surface area contributed by atoms with Crippen molar-refractivity contribution in [3.05, 3.63) is 18.3 Å². The molecule has 1 aliphatic rings. The highest BCUT2D eigenvalue weighted by Gasteiger charge is 2.18. The van der Waals surface area contributed by atoms with E-state index in [0.29, 0.717) is 30.5 Å². The van der Waals surface area contributed by atoms with Gasteiger partial charge in [-0.05, 0) is 25.3 Å². The fourth-order valence-electron chi connectivity index (χ4n) is 2.65. The highest BCUT2D eigenvalue weighted by Crippen LogP contribution is 2.40. The molecule has 7 heteroatoms. The number of aryl methyl sites for hydroxylation is 1. The van der Waals surface area contributed by atoms with Gasteiger partial charge in [0.25, 0.3) is 0 Å². The summed E-state index contributed by atoms with van der Waals surface area (Å²) in [6.07, 6.45) is 5.51. The Morgan fingerprint density at radius 1 is 1.17 bits per heavy atom. The summed E-state index contributed by atoms with van der Waals surface area (Å²) >= 11 is 0. The number of benzene rings is 1. The number of hydrogen-bond acceptors (Lipinski definition) is 6. The molecule has 1 aliphatic heterocycles. The second kappa shape index (κ2) is 8.01. The zero-order valence-electron chi connectivity index (χ0n) is 13.9. The van der Waals surface area contributed by atoms with Crippen LogP contribution >= 0.6 is 0 Å². The molecule has 1 aromatic heterocycles. The molecule has 0 radical (unpaired) electrons. The number of nitrogens with zero attached hydrogens (tertiary/aromatic N) is 3. The average Bonchev–Trinajstić information content (AvgIpc) is 2.95. The van der Waals surface area contributed by atoms with Crippen molar-refractivity contribution in [2.24, 2.45) is 0 Å². The molecule has 7 nitrogen and oxygen atoms in total. The molecule has 0 amide bonds. The van der Waals surface area contributed by atoms with Crippen molar-refractivity contribution in [1.82, 2.24) is 15.0 Å². The van der Waals surface area contributed by atoms with Crippen LogP contribution in [-0.4, -0.2) is 47.0 Å². The zero-order valence-corrected chi connectivity index (χ0v) is 13.9. The van der Waals surface area contributed by atoms with Crippen molar-refractivity contribution in [1.29, 1.82) is 0 Å². The lowest BCUT2D eigenvalue weighted by atomic mass is 10.1. The quantitative estimate of drug-likeness (QED) is 0.783. The Morgan fingerprint density at radius 3 is 2.71 bits per heavy atom. The van der Waals surface area contributed by atoms with E-state index >= 15 is 0 Å². The van der Waals surface area contributed by atoms with Crippen molar-refractivity contribution in [3.8, 4) is 28.5 Å². The summed E-state index contributed by atoms with van der Waals surface area (Å²) in [4.78, 5) is 0. The maximum atomic E-state index is 8.82. The lowest BCUT2D eigenvalue weighted by Crippen LogP contribution is -1.99. The minimum Gasteiger partial charge on any atom is -0.496 e. The molecule has 0 spiro atoms. The van der Waals surface area contributed by atoms with E-state index in [0.717, 1.165) is 43.5 Å². The van der Waals surface area contributed by atoms with E-state index in [9.17, 15) is 0 Å². The van der Waals surface area contributed by atoms with Crippen LogP contribution in [0.1, 0.15) is 25.7 Å². The van der Waals surface area contributed by atoms with E-state index in [1.165, 1.54) is 0 Å². The predicted octanol–water partition coefficient (Wildman–Crippen LogP) is 2.28. The van der Waals surface area contributed by atoms with Crippen molar-refractivity contribution in [3.63, 3.8) is 0 Å². The molecule has 0 bridgehead atoms. The minimum absolute atomic E-state index is 0.233. The topological polar surface area (TPSA) is 78.6 Å². The van der Waals surface area contributed by atoms with Gasteiger partial charge < -0.3 is 19.3 Å². The van der Waals surface area contributed by atoms with Gasteiger partial charge in [-0.25, -0.2) is 0 Å². The van der Waals surface area contributed by atoms with Crippen molar-refractivity contribution >= 4 is 0 Å². The standard InChI is InChI=1S/C17H23N3O4/c1-22-15-11-17-16(23-8-5-9-24-17)10-13(15)14-12-20(19-18-14)6-3-2-4-7-21/h10-12,21H,2-9H2,1H3. The summed E-state index contributed by atoms with van der Waals surface area (Å²) < 4.78 is 18.7. The molecule has 1 aromatic carbocycles. The van der Waals surface area contributed by atoms with Crippen LogP contribution in [0.5, 0.6) is 17.2 Å². The van der Waals surface area contributed by atoms with Crippen LogP contribution in [0.4, 0.5) is 0 Å². The first-order valence-electron chi connectivity index (χ1n) is 8.31. The van der Waals surface area contributed by atoms with Crippen LogP contribution in [0, 0.1) is 0 Å². The molecule has 3 rings (SSSR count). The van der Waals surface area contributed by atoms with Crippen molar-refractivity contribution < 1.29 is 19.3 Å². The maximum Gasteiger partial charge on any atom is 0.164 e. The van der Waals surface area contributed by atoms with E-state index < -0.39 is 0 Å². The first-order valence-corrected chi connectivity index (χ1v) is 8.31. The van der Waals surface area contributed by atoms with Crippen LogP contribution in [0.25, 0.3) is 11.3 Å². The number of hydrogen-bond donors (Lipinski definition) is 1. The molecular weight excluding hydrogens is 310 g/mol. The largest absolute Gasteiger partial charge is 0.496 e. The summed E-state index contributed by atoms with van der Waals surface area (Å²) in [5.74, 6) is 2.09. The van der Waals surface area contributed by atoms with E-state index in [2.05, 4.69) is 10.3 Å². The SMILES string of the molecule is COc1cc2c(cc1-c1cn(CCCCCO)nn1)OCCCO2. The monoisotopic (exact) mass is 333 g/mol. The highest BCUT2D eigenvalue weighted by atomic mass is 16.5. The molecule has 0 aliphatic carbocycles. The highest BCUT2D eigenvalue weighted by molar-refractivity contribution is 5.71. The van der Waals surface area contributed by atoms with Gasteiger partial charge in [0.2, 0.25) is 0 Å². The summed E-state index contributed by atoms with van der Waals surface area (Å²) in [6.45, 7) is 2.28. The molecule has 130 valence electrons. The number of ether oxygens (including phenoxy) is 3. The van der Waals surface area contributed by atoms with Gasteiger partial charge in [0.15, 0.2) is 11.5 Å². The first-order chi connectivity index (χ1) is 11.8. The third-order valence-electron chi connectivity index (χ3n) is 3.93. The van der Waals surface area contributed by atoms with E-state index in [-0.39, 0.29) is 6.61 Å². The number of aliphatic hydroxyl groups excluding tert-OH is 1. The lowest BCUT2D eigenvalue weighted by molar-refractivity contribution is 0.281. The Balaban J connectivity index is 1.80.